The Morgan fingerprint density at radius 3 is 2.26 bits per heavy atom. The number of nitrogens with zero attached hydrogens (tertiary/aromatic N) is 1. The first-order valence-corrected chi connectivity index (χ1v) is 14.6. The highest BCUT2D eigenvalue weighted by atomic mass is 32.2. The van der Waals surface area contributed by atoms with E-state index < -0.39 is 51.9 Å². The normalized spacial score (nSPS) is 23.0. The Morgan fingerprint density at radius 1 is 1.18 bits per heavy atom. The molecule has 2 saturated heterocycles. The molecule has 2 rings (SSSR count). The van der Waals surface area contributed by atoms with Crippen molar-refractivity contribution >= 4 is 22.8 Å². The maximum Gasteiger partial charge on any atom is 0.407 e. The molecule has 2 heterocycles. The molecule has 2 fully saturated rings. The van der Waals surface area contributed by atoms with Crippen molar-refractivity contribution in [2.45, 2.75) is 96.8 Å². The fraction of sp³-hybridized carbons (Fsp3) is 0.846. The summed E-state index contributed by atoms with van der Waals surface area (Å²) in [4.78, 5) is 24.7. The average Bonchev–Trinajstić information content (AvgIpc) is 2.74. The second-order valence-electron chi connectivity index (χ2n) is 12.6. The standard InChI is InChI=1S/C26H45F2N3O6S/c1-18(2)12-19(30-22(33)37-10-11-38(35)17-25(7)15-36-16-25)8-9-26(27,28)21(32)29-20-13-23(3,4)31(34)24(5,6)14-20/h8-9,18-20,34H,10-17H2,1-7H3,(H,29,32)(H,30,33). The minimum atomic E-state index is -3.80. The lowest BCUT2D eigenvalue weighted by Crippen LogP contribution is -2.63. The van der Waals surface area contributed by atoms with Gasteiger partial charge < -0.3 is 25.3 Å². The number of carbonyl (C=O) groups excluding carboxylic acids is 2. The van der Waals surface area contributed by atoms with E-state index in [1.807, 2.05) is 20.8 Å². The van der Waals surface area contributed by atoms with E-state index in [0.29, 0.717) is 44.3 Å². The topological polar surface area (TPSA) is 117 Å². The third kappa shape index (κ3) is 9.53. The van der Waals surface area contributed by atoms with Gasteiger partial charge in [0.05, 0.1) is 25.0 Å². The third-order valence-electron chi connectivity index (χ3n) is 6.80. The van der Waals surface area contributed by atoms with Crippen LogP contribution in [0, 0.1) is 11.3 Å². The Kier molecular flexibility index (Phi) is 10.9. The number of ether oxygens (including phenoxy) is 2. The third-order valence-corrected chi connectivity index (χ3v) is 8.44. The van der Waals surface area contributed by atoms with Gasteiger partial charge in [0.15, 0.2) is 0 Å². The number of halogens is 2. The number of rotatable bonds is 12. The molecule has 220 valence electrons. The van der Waals surface area contributed by atoms with Crippen LogP contribution in [0.15, 0.2) is 12.2 Å². The van der Waals surface area contributed by atoms with Crippen LogP contribution in [0.2, 0.25) is 0 Å². The second-order valence-corrected chi connectivity index (χ2v) is 14.2. The minimum Gasteiger partial charge on any atom is -0.449 e. The number of piperidine rings is 1. The lowest BCUT2D eigenvalue weighted by atomic mass is 9.79. The number of hydroxylamine groups is 2. The fourth-order valence-corrected chi connectivity index (χ4v) is 6.43. The summed E-state index contributed by atoms with van der Waals surface area (Å²) in [5.41, 5.74) is -1.51. The van der Waals surface area contributed by atoms with Crippen molar-refractivity contribution in [3.05, 3.63) is 12.2 Å². The second kappa shape index (κ2) is 12.7. The van der Waals surface area contributed by atoms with Crippen LogP contribution in [-0.4, -0.2) is 86.9 Å². The number of amides is 2. The van der Waals surface area contributed by atoms with Gasteiger partial charge in [-0.25, -0.2) is 4.79 Å². The minimum absolute atomic E-state index is 0.0641. The Labute approximate surface area is 227 Å². The molecule has 2 aliphatic heterocycles. The molecule has 12 heteroatoms. The van der Waals surface area contributed by atoms with Gasteiger partial charge >= 0.3 is 12.0 Å². The van der Waals surface area contributed by atoms with Gasteiger partial charge in [-0.1, -0.05) is 26.8 Å². The molecule has 0 aromatic carbocycles. The van der Waals surface area contributed by atoms with Crippen LogP contribution in [0.25, 0.3) is 0 Å². The van der Waals surface area contributed by atoms with E-state index in [-0.39, 0.29) is 23.7 Å². The van der Waals surface area contributed by atoms with Crippen molar-refractivity contribution < 1.29 is 37.3 Å². The van der Waals surface area contributed by atoms with Crippen LogP contribution in [0.3, 0.4) is 0 Å². The summed E-state index contributed by atoms with van der Waals surface area (Å²) < 4.78 is 52.0. The zero-order valence-corrected chi connectivity index (χ0v) is 24.5. The number of alkyl carbamates (subject to hydrolysis) is 1. The van der Waals surface area contributed by atoms with Crippen LogP contribution in [-0.2, 0) is 25.1 Å². The van der Waals surface area contributed by atoms with Crippen LogP contribution < -0.4 is 10.6 Å². The molecule has 2 aliphatic rings. The summed E-state index contributed by atoms with van der Waals surface area (Å²) in [6.45, 7) is 13.9. The molecular formula is C26H45F2N3O6S. The molecule has 2 unspecified atom stereocenters. The van der Waals surface area contributed by atoms with Gasteiger partial charge in [0.1, 0.15) is 6.61 Å². The average molecular weight is 566 g/mol. The zero-order valence-electron chi connectivity index (χ0n) is 23.6. The van der Waals surface area contributed by atoms with Gasteiger partial charge in [-0.2, -0.15) is 13.8 Å². The molecule has 3 N–H and O–H groups in total. The van der Waals surface area contributed by atoms with Crippen molar-refractivity contribution in [3.8, 4) is 0 Å². The van der Waals surface area contributed by atoms with Crippen LogP contribution in [0.5, 0.6) is 0 Å². The maximum absolute atomic E-state index is 14.8. The highest BCUT2D eigenvalue weighted by Gasteiger charge is 2.47. The Balaban J connectivity index is 1.91. The largest absolute Gasteiger partial charge is 0.449 e. The van der Waals surface area contributed by atoms with E-state index >= 15 is 0 Å². The number of hydrogen-bond donors (Lipinski definition) is 3. The molecule has 0 spiro atoms. The van der Waals surface area contributed by atoms with Crippen molar-refractivity contribution in [1.29, 1.82) is 0 Å². The van der Waals surface area contributed by atoms with Crippen LogP contribution >= 0.6 is 0 Å². The first-order valence-electron chi connectivity index (χ1n) is 13.1. The van der Waals surface area contributed by atoms with E-state index in [9.17, 15) is 27.8 Å². The number of hydrogen-bond acceptors (Lipinski definition) is 7. The molecule has 0 aromatic rings. The Morgan fingerprint density at radius 2 is 1.76 bits per heavy atom. The van der Waals surface area contributed by atoms with E-state index in [0.717, 1.165) is 6.08 Å². The van der Waals surface area contributed by atoms with Crippen LogP contribution in [0.1, 0.15) is 67.7 Å². The first kappa shape index (κ1) is 32.6. The van der Waals surface area contributed by atoms with E-state index in [4.69, 9.17) is 9.47 Å². The maximum atomic E-state index is 14.8. The molecule has 0 aliphatic carbocycles. The predicted octanol–water partition coefficient (Wildman–Crippen LogP) is 3.63. The lowest BCUT2D eigenvalue weighted by Gasteiger charge is -2.51. The molecule has 38 heavy (non-hydrogen) atoms. The van der Waals surface area contributed by atoms with E-state index in [2.05, 4.69) is 10.6 Å². The van der Waals surface area contributed by atoms with Gasteiger partial charge in [-0.05, 0) is 59.0 Å². The number of alkyl halides is 2. The molecule has 0 aromatic heterocycles. The molecule has 0 saturated carbocycles. The van der Waals surface area contributed by atoms with Gasteiger partial charge in [-0.15, -0.1) is 0 Å². The van der Waals surface area contributed by atoms with Gasteiger partial charge in [0.25, 0.3) is 5.91 Å². The predicted molar refractivity (Wildman–Crippen MR) is 142 cm³/mol. The highest BCUT2D eigenvalue weighted by molar-refractivity contribution is 7.85. The monoisotopic (exact) mass is 565 g/mol. The van der Waals surface area contributed by atoms with E-state index in [1.54, 1.807) is 27.7 Å². The molecule has 2 amide bonds. The summed E-state index contributed by atoms with van der Waals surface area (Å²) in [6.07, 6.45) is 1.78. The SMILES string of the molecule is CC(C)CC(C=CC(F)(F)C(=O)NC1CC(C)(C)N(O)C(C)(C)C1)NC(=O)OCCS(=O)CC1(C)COC1. The van der Waals surface area contributed by atoms with Crippen molar-refractivity contribution in [2.24, 2.45) is 11.3 Å². The molecule has 0 bridgehead atoms. The highest BCUT2D eigenvalue weighted by Crippen LogP contribution is 2.37. The zero-order chi connectivity index (χ0) is 28.9. The summed E-state index contributed by atoms with van der Waals surface area (Å²) in [6, 6.07) is -1.33. The van der Waals surface area contributed by atoms with Crippen molar-refractivity contribution in [1.82, 2.24) is 15.7 Å². The molecule has 0 radical (unpaired) electrons. The smallest absolute Gasteiger partial charge is 0.407 e. The lowest BCUT2D eigenvalue weighted by molar-refractivity contribution is -0.246. The fourth-order valence-electron chi connectivity index (χ4n) is 5.08. The van der Waals surface area contributed by atoms with Crippen molar-refractivity contribution in [2.75, 3.05) is 31.3 Å². The van der Waals surface area contributed by atoms with Crippen LogP contribution in [0.4, 0.5) is 13.6 Å². The molecule has 9 nitrogen and oxygen atoms in total. The number of nitrogens with one attached hydrogen (secondary N) is 2. The Hall–Kier alpha value is -1.63. The molecular weight excluding hydrogens is 520 g/mol. The van der Waals surface area contributed by atoms with Gasteiger partial charge in [0.2, 0.25) is 0 Å². The summed E-state index contributed by atoms with van der Waals surface area (Å²) in [7, 11) is -1.17. The quantitative estimate of drug-likeness (QED) is 0.310. The first-order chi connectivity index (χ1) is 17.4. The molecule has 2 atom stereocenters. The van der Waals surface area contributed by atoms with Gasteiger partial charge in [0, 0.05) is 39.1 Å². The van der Waals surface area contributed by atoms with Crippen molar-refractivity contribution in [3.63, 3.8) is 0 Å². The number of carbonyl (C=O) groups is 2. The summed E-state index contributed by atoms with van der Waals surface area (Å²) in [5.74, 6) is -4.53. The Bertz CT molecular complexity index is 874. The van der Waals surface area contributed by atoms with Gasteiger partial charge in [-0.3, -0.25) is 9.00 Å². The van der Waals surface area contributed by atoms with E-state index in [1.165, 1.54) is 5.06 Å². The summed E-state index contributed by atoms with van der Waals surface area (Å²) >= 11 is 0. The summed E-state index contributed by atoms with van der Waals surface area (Å²) in [5, 5.41) is 16.6.